The van der Waals surface area contributed by atoms with E-state index in [2.05, 4.69) is 32.6 Å². The van der Waals surface area contributed by atoms with Crippen LogP contribution in [0.5, 0.6) is 0 Å². The number of nitrogens with zero attached hydrogens (tertiary/aromatic N) is 3. The molecule has 0 saturated carbocycles. The predicted octanol–water partition coefficient (Wildman–Crippen LogP) is 1.78. The van der Waals surface area contributed by atoms with Crippen LogP contribution in [0, 0.1) is 0 Å². The lowest BCUT2D eigenvalue weighted by molar-refractivity contribution is 0.557. The molecule has 0 aromatic carbocycles. The van der Waals surface area contributed by atoms with E-state index in [4.69, 9.17) is 0 Å². The maximum atomic E-state index is 4.25. The van der Waals surface area contributed by atoms with E-state index in [-0.39, 0.29) is 6.04 Å². The Bertz CT molecular complexity index is 387. The summed E-state index contributed by atoms with van der Waals surface area (Å²) in [6, 6.07) is 2.16. The van der Waals surface area contributed by atoms with E-state index in [0.29, 0.717) is 0 Å². The van der Waals surface area contributed by atoms with Crippen molar-refractivity contribution >= 4 is 11.3 Å². The van der Waals surface area contributed by atoms with Gasteiger partial charge in [-0.2, -0.15) is 0 Å². The summed E-state index contributed by atoms with van der Waals surface area (Å²) in [5.74, 6) is 0. The van der Waals surface area contributed by atoms with Gasteiger partial charge in [0.05, 0.1) is 16.9 Å². The van der Waals surface area contributed by atoms with E-state index in [1.54, 1.807) is 23.9 Å². The van der Waals surface area contributed by atoms with Crippen molar-refractivity contribution in [2.75, 3.05) is 0 Å². The first-order chi connectivity index (χ1) is 7.36. The average molecular weight is 220 g/mol. The van der Waals surface area contributed by atoms with Gasteiger partial charge in [-0.05, 0) is 13.0 Å². The Hall–Kier alpha value is -1.33. The SMILES string of the molecule is CC(NCc1ccncn1)c1cscn1. The third-order valence-corrected chi connectivity index (χ3v) is 2.73. The number of hydrogen-bond acceptors (Lipinski definition) is 5. The van der Waals surface area contributed by atoms with Gasteiger partial charge in [0.2, 0.25) is 0 Å². The molecule has 0 spiro atoms. The second kappa shape index (κ2) is 4.95. The second-order valence-electron chi connectivity index (χ2n) is 3.22. The van der Waals surface area contributed by atoms with Crippen molar-refractivity contribution in [1.82, 2.24) is 20.3 Å². The lowest BCUT2D eigenvalue weighted by Crippen LogP contribution is -2.18. The fraction of sp³-hybridized carbons (Fsp3) is 0.300. The van der Waals surface area contributed by atoms with Crippen molar-refractivity contribution in [3.05, 3.63) is 40.9 Å². The molecule has 0 radical (unpaired) electrons. The Morgan fingerprint density at radius 3 is 3.07 bits per heavy atom. The molecule has 78 valence electrons. The first-order valence-corrected chi connectivity index (χ1v) is 5.67. The minimum atomic E-state index is 0.256. The standard InChI is InChI=1S/C10H12N4S/c1-8(10-5-15-7-14-10)12-4-9-2-3-11-6-13-9/h2-3,5-8,12H,4H2,1H3. The first-order valence-electron chi connectivity index (χ1n) is 4.72. The molecule has 1 N–H and O–H groups in total. The number of aromatic nitrogens is 3. The van der Waals surface area contributed by atoms with Crippen molar-refractivity contribution < 1.29 is 0 Å². The maximum Gasteiger partial charge on any atom is 0.115 e. The van der Waals surface area contributed by atoms with E-state index in [0.717, 1.165) is 17.9 Å². The van der Waals surface area contributed by atoms with Gasteiger partial charge in [0.25, 0.3) is 0 Å². The minimum Gasteiger partial charge on any atom is -0.303 e. The van der Waals surface area contributed by atoms with E-state index in [9.17, 15) is 0 Å². The highest BCUT2D eigenvalue weighted by Gasteiger charge is 2.06. The van der Waals surface area contributed by atoms with Gasteiger partial charge in [-0.15, -0.1) is 11.3 Å². The first kappa shape index (κ1) is 10.2. The van der Waals surface area contributed by atoms with Crippen molar-refractivity contribution in [2.24, 2.45) is 0 Å². The van der Waals surface area contributed by atoms with Crippen molar-refractivity contribution in [3.63, 3.8) is 0 Å². The highest BCUT2D eigenvalue weighted by molar-refractivity contribution is 7.07. The fourth-order valence-electron chi connectivity index (χ4n) is 1.22. The van der Waals surface area contributed by atoms with Crippen LogP contribution < -0.4 is 5.32 Å². The normalized spacial score (nSPS) is 12.6. The second-order valence-corrected chi connectivity index (χ2v) is 3.94. The maximum absolute atomic E-state index is 4.25. The van der Waals surface area contributed by atoms with Crippen LogP contribution in [-0.2, 0) is 6.54 Å². The molecular weight excluding hydrogens is 208 g/mol. The van der Waals surface area contributed by atoms with Gasteiger partial charge >= 0.3 is 0 Å². The van der Waals surface area contributed by atoms with E-state index >= 15 is 0 Å². The number of nitrogens with one attached hydrogen (secondary N) is 1. The van der Waals surface area contributed by atoms with Gasteiger partial charge < -0.3 is 5.32 Å². The summed E-state index contributed by atoms with van der Waals surface area (Å²) in [4.78, 5) is 12.3. The van der Waals surface area contributed by atoms with E-state index in [1.165, 1.54) is 0 Å². The molecule has 0 fully saturated rings. The molecule has 2 heterocycles. The topological polar surface area (TPSA) is 50.7 Å². The summed E-state index contributed by atoms with van der Waals surface area (Å²) < 4.78 is 0. The molecule has 0 aliphatic heterocycles. The Kier molecular flexibility index (Phi) is 3.37. The summed E-state index contributed by atoms with van der Waals surface area (Å²) in [5, 5.41) is 5.41. The molecular formula is C10H12N4S. The van der Waals surface area contributed by atoms with Crippen LogP contribution in [0.1, 0.15) is 24.4 Å². The molecule has 2 aromatic rings. The molecule has 4 nitrogen and oxygen atoms in total. The molecule has 2 aromatic heterocycles. The zero-order valence-electron chi connectivity index (χ0n) is 8.42. The largest absolute Gasteiger partial charge is 0.303 e. The van der Waals surface area contributed by atoms with Gasteiger partial charge in [-0.25, -0.2) is 15.0 Å². The quantitative estimate of drug-likeness (QED) is 0.853. The van der Waals surface area contributed by atoms with Crippen LogP contribution in [0.2, 0.25) is 0 Å². The highest BCUT2D eigenvalue weighted by Crippen LogP contribution is 2.12. The zero-order valence-corrected chi connectivity index (χ0v) is 9.24. The fourth-order valence-corrected chi connectivity index (χ4v) is 1.87. The molecule has 1 atom stereocenters. The third kappa shape index (κ3) is 2.81. The molecule has 0 aliphatic carbocycles. The summed E-state index contributed by atoms with van der Waals surface area (Å²) in [7, 11) is 0. The summed E-state index contributed by atoms with van der Waals surface area (Å²) >= 11 is 1.61. The van der Waals surface area contributed by atoms with Crippen LogP contribution >= 0.6 is 11.3 Å². The zero-order chi connectivity index (χ0) is 10.5. The average Bonchev–Trinajstić information content (AvgIpc) is 2.81. The van der Waals surface area contributed by atoms with Crippen LogP contribution in [0.25, 0.3) is 0 Å². The number of hydrogen-bond donors (Lipinski definition) is 1. The van der Waals surface area contributed by atoms with Gasteiger partial charge in [0.1, 0.15) is 6.33 Å². The molecule has 5 heteroatoms. The Balaban J connectivity index is 1.89. The molecule has 2 rings (SSSR count). The number of rotatable bonds is 4. The Labute approximate surface area is 92.4 Å². The molecule has 0 saturated heterocycles. The van der Waals surface area contributed by atoms with Crippen molar-refractivity contribution in [1.29, 1.82) is 0 Å². The van der Waals surface area contributed by atoms with Gasteiger partial charge in [-0.3, -0.25) is 0 Å². The van der Waals surface area contributed by atoms with Crippen LogP contribution in [-0.4, -0.2) is 15.0 Å². The monoisotopic (exact) mass is 220 g/mol. The predicted molar refractivity (Wildman–Crippen MR) is 59.4 cm³/mol. The summed E-state index contributed by atoms with van der Waals surface area (Å²) in [6.07, 6.45) is 3.31. The molecule has 15 heavy (non-hydrogen) atoms. The molecule has 0 aliphatic rings. The molecule has 1 unspecified atom stereocenters. The van der Waals surface area contributed by atoms with Crippen LogP contribution in [0.4, 0.5) is 0 Å². The highest BCUT2D eigenvalue weighted by atomic mass is 32.1. The van der Waals surface area contributed by atoms with Gasteiger partial charge in [-0.1, -0.05) is 0 Å². The lowest BCUT2D eigenvalue weighted by atomic mass is 10.2. The summed E-state index contributed by atoms with van der Waals surface area (Å²) in [6.45, 7) is 2.83. The van der Waals surface area contributed by atoms with Crippen LogP contribution in [0.3, 0.4) is 0 Å². The molecule has 0 amide bonds. The third-order valence-electron chi connectivity index (χ3n) is 2.13. The minimum absolute atomic E-state index is 0.256. The van der Waals surface area contributed by atoms with Gasteiger partial charge in [0, 0.05) is 24.2 Å². The van der Waals surface area contributed by atoms with Crippen molar-refractivity contribution in [3.8, 4) is 0 Å². The Morgan fingerprint density at radius 2 is 2.40 bits per heavy atom. The van der Waals surface area contributed by atoms with E-state index < -0.39 is 0 Å². The smallest absolute Gasteiger partial charge is 0.115 e. The van der Waals surface area contributed by atoms with Crippen LogP contribution in [0.15, 0.2) is 29.5 Å². The number of thiazole rings is 1. The Morgan fingerprint density at radius 1 is 1.47 bits per heavy atom. The van der Waals surface area contributed by atoms with Gasteiger partial charge in [0.15, 0.2) is 0 Å². The lowest BCUT2D eigenvalue weighted by Gasteiger charge is -2.10. The van der Waals surface area contributed by atoms with Crippen molar-refractivity contribution in [2.45, 2.75) is 19.5 Å². The van der Waals surface area contributed by atoms with E-state index in [1.807, 2.05) is 11.6 Å². The molecule has 0 bridgehead atoms. The summed E-state index contributed by atoms with van der Waals surface area (Å²) in [5.41, 5.74) is 3.92.